The zero-order valence-electron chi connectivity index (χ0n) is 25.1. The third kappa shape index (κ3) is 4.92. The maximum Gasteiger partial charge on any atom is 0.164 e. The molecule has 0 unspecified atom stereocenters. The maximum absolute atomic E-state index is 4.93. The highest BCUT2D eigenvalue weighted by Gasteiger charge is 2.16. The minimum atomic E-state index is 0.634. The van der Waals surface area contributed by atoms with Crippen LogP contribution in [-0.4, -0.2) is 24.9 Å². The molecule has 0 aliphatic carbocycles. The van der Waals surface area contributed by atoms with Gasteiger partial charge in [0.2, 0.25) is 0 Å². The second kappa shape index (κ2) is 11.4. The van der Waals surface area contributed by atoms with Crippen LogP contribution in [-0.2, 0) is 0 Å². The van der Waals surface area contributed by atoms with Crippen LogP contribution in [0.3, 0.4) is 0 Å². The van der Waals surface area contributed by atoms with Crippen LogP contribution in [0.5, 0.6) is 0 Å². The van der Waals surface area contributed by atoms with Crippen molar-refractivity contribution in [3.8, 4) is 56.7 Å². The van der Waals surface area contributed by atoms with Gasteiger partial charge in [0, 0.05) is 49.9 Å². The Labute approximate surface area is 275 Å². The number of pyridine rings is 2. The first-order valence-electron chi connectivity index (χ1n) is 15.4. The molecule has 0 atom stereocenters. The van der Waals surface area contributed by atoms with Gasteiger partial charge < -0.3 is 0 Å². The van der Waals surface area contributed by atoms with Crippen molar-refractivity contribution in [3.05, 3.63) is 152 Å². The van der Waals surface area contributed by atoms with Gasteiger partial charge in [-0.25, -0.2) is 15.0 Å². The van der Waals surface area contributed by atoms with Crippen molar-refractivity contribution in [2.75, 3.05) is 0 Å². The lowest BCUT2D eigenvalue weighted by atomic mass is 9.98. The molecule has 0 saturated carbocycles. The van der Waals surface area contributed by atoms with E-state index in [2.05, 4.69) is 78.9 Å². The molecule has 0 bridgehead atoms. The van der Waals surface area contributed by atoms with Gasteiger partial charge in [0.1, 0.15) is 5.69 Å². The average molecular weight is 620 g/mol. The van der Waals surface area contributed by atoms with Crippen LogP contribution in [0.25, 0.3) is 87.6 Å². The van der Waals surface area contributed by atoms with E-state index in [1.807, 2.05) is 73.1 Å². The van der Waals surface area contributed by atoms with Crippen molar-refractivity contribution >= 4 is 42.3 Å². The number of thiophene rings is 1. The van der Waals surface area contributed by atoms with E-state index in [4.69, 9.17) is 24.9 Å². The summed E-state index contributed by atoms with van der Waals surface area (Å²) in [6.07, 6.45) is 3.78. The van der Waals surface area contributed by atoms with Crippen LogP contribution < -0.4 is 0 Å². The van der Waals surface area contributed by atoms with Crippen molar-refractivity contribution in [3.63, 3.8) is 0 Å². The normalized spacial score (nSPS) is 11.4. The molecule has 4 heterocycles. The zero-order chi connectivity index (χ0) is 31.2. The van der Waals surface area contributed by atoms with Gasteiger partial charge in [-0.1, -0.05) is 109 Å². The lowest BCUT2D eigenvalue weighted by molar-refractivity contribution is 1.07. The van der Waals surface area contributed by atoms with E-state index in [9.17, 15) is 0 Å². The lowest BCUT2D eigenvalue weighted by Gasteiger charge is -2.11. The molecular formula is C41H25N5S. The third-order valence-electron chi connectivity index (χ3n) is 8.44. The summed E-state index contributed by atoms with van der Waals surface area (Å²) in [5.74, 6) is 1.93. The lowest BCUT2D eigenvalue weighted by Crippen LogP contribution is -2.00. The van der Waals surface area contributed by atoms with E-state index in [1.165, 1.54) is 15.5 Å². The minimum Gasteiger partial charge on any atom is -0.254 e. The van der Waals surface area contributed by atoms with Crippen molar-refractivity contribution in [1.82, 2.24) is 24.9 Å². The Kier molecular flexibility index (Phi) is 6.58. The van der Waals surface area contributed by atoms with Crippen LogP contribution in [0, 0.1) is 0 Å². The molecule has 0 radical (unpaired) electrons. The summed E-state index contributed by atoms with van der Waals surface area (Å²) in [5.41, 5.74) is 6.82. The molecule has 0 aliphatic heterocycles. The van der Waals surface area contributed by atoms with Crippen LogP contribution in [0.2, 0.25) is 0 Å². The van der Waals surface area contributed by atoms with Gasteiger partial charge in [0.25, 0.3) is 0 Å². The Morgan fingerprint density at radius 2 is 0.979 bits per heavy atom. The van der Waals surface area contributed by atoms with Gasteiger partial charge in [-0.2, -0.15) is 0 Å². The summed E-state index contributed by atoms with van der Waals surface area (Å²) in [6, 6.07) is 47.8. The number of benzene rings is 5. The van der Waals surface area contributed by atoms with Crippen LogP contribution in [0.1, 0.15) is 0 Å². The Morgan fingerprint density at radius 3 is 1.74 bits per heavy atom. The monoisotopic (exact) mass is 619 g/mol. The minimum absolute atomic E-state index is 0.634. The average Bonchev–Trinajstić information content (AvgIpc) is 3.54. The molecule has 0 saturated heterocycles. The molecule has 0 fully saturated rings. The molecule has 9 aromatic rings. The van der Waals surface area contributed by atoms with E-state index in [0.29, 0.717) is 17.5 Å². The van der Waals surface area contributed by atoms with E-state index < -0.39 is 0 Å². The fourth-order valence-corrected chi connectivity index (χ4v) is 7.33. The van der Waals surface area contributed by atoms with Crippen molar-refractivity contribution < 1.29 is 0 Å². The molecular weight excluding hydrogens is 595 g/mol. The fraction of sp³-hybridized carbons (Fsp3) is 0. The van der Waals surface area contributed by atoms with E-state index in [-0.39, 0.29) is 0 Å². The number of aromatic nitrogens is 5. The molecule has 0 amide bonds. The summed E-state index contributed by atoms with van der Waals surface area (Å²) < 4.78 is 2.41. The van der Waals surface area contributed by atoms with Crippen molar-refractivity contribution in [2.45, 2.75) is 0 Å². The number of nitrogens with zero attached hydrogens (tertiary/aromatic N) is 5. The van der Waals surface area contributed by atoms with Crippen molar-refractivity contribution in [1.29, 1.82) is 0 Å². The van der Waals surface area contributed by atoms with Crippen LogP contribution in [0.15, 0.2) is 152 Å². The smallest absolute Gasteiger partial charge is 0.164 e. The van der Waals surface area contributed by atoms with Crippen molar-refractivity contribution in [2.24, 2.45) is 0 Å². The molecule has 0 aliphatic rings. The van der Waals surface area contributed by atoms with Gasteiger partial charge >= 0.3 is 0 Å². The largest absolute Gasteiger partial charge is 0.254 e. The Balaban J connectivity index is 1.14. The quantitative estimate of drug-likeness (QED) is 0.192. The first-order chi connectivity index (χ1) is 23.3. The van der Waals surface area contributed by atoms with E-state index in [1.54, 1.807) is 11.3 Å². The van der Waals surface area contributed by atoms with E-state index >= 15 is 0 Å². The Hall–Kier alpha value is -6.11. The molecule has 220 valence electrons. The van der Waals surface area contributed by atoms with Crippen LogP contribution in [0.4, 0.5) is 0 Å². The summed E-state index contributed by atoms with van der Waals surface area (Å²) in [4.78, 5) is 24.4. The second-order valence-electron chi connectivity index (χ2n) is 11.3. The maximum atomic E-state index is 4.93. The molecule has 0 N–H and O–H groups in total. The SMILES string of the molecule is c1ccc(-c2nc(-c3ccccc3)nc(-c3cccc(-c4ccc5c(-c6nccc7c6sc6ccccc67)nccc5c4)c3)n2)cc1. The molecule has 0 spiro atoms. The molecule has 6 heteroatoms. The molecule has 5 aromatic carbocycles. The first kappa shape index (κ1) is 27.2. The Bertz CT molecular complexity index is 2520. The molecule has 47 heavy (non-hydrogen) atoms. The van der Waals surface area contributed by atoms with E-state index in [0.717, 1.165) is 54.7 Å². The highest BCUT2D eigenvalue weighted by molar-refractivity contribution is 7.26. The molecule has 9 rings (SSSR count). The highest BCUT2D eigenvalue weighted by atomic mass is 32.1. The van der Waals surface area contributed by atoms with Gasteiger partial charge in [-0.3, -0.25) is 9.97 Å². The predicted molar refractivity (Wildman–Crippen MR) is 193 cm³/mol. The predicted octanol–water partition coefficient (Wildman–Crippen LogP) is 10.5. The molecule has 5 nitrogen and oxygen atoms in total. The second-order valence-corrected chi connectivity index (χ2v) is 12.4. The summed E-state index contributed by atoms with van der Waals surface area (Å²) in [6.45, 7) is 0. The van der Waals surface area contributed by atoms with Crippen LogP contribution >= 0.6 is 11.3 Å². The van der Waals surface area contributed by atoms with Gasteiger partial charge in [0.05, 0.1) is 10.4 Å². The number of fused-ring (bicyclic) bond motifs is 4. The van der Waals surface area contributed by atoms with Gasteiger partial charge in [-0.15, -0.1) is 11.3 Å². The standard InChI is InChI=1S/C41H25N5S/c1-3-10-26(11-4-1)39-44-40(27-12-5-2-6-13-27)46-41(45-39)31-15-9-14-28(25-31)29-18-19-32-30(24-29)20-22-42-36(32)37-38-34(21-23-43-37)33-16-7-8-17-35(33)47-38/h1-25H. The topological polar surface area (TPSA) is 64.5 Å². The summed E-state index contributed by atoms with van der Waals surface area (Å²) >= 11 is 1.77. The summed E-state index contributed by atoms with van der Waals surface area (Å²) in [7, 11) is 0. The number of hydrogen-bond acceptors (Lipinski definition) is 6. The highest BCUT2D eigenvalue weighted by Crippen LogP contribution is 2.40. The Morgan fingerprint density at radius 1 is 0.383 bits per heavy atom. The zero-order valence-corrected chi connectivity index (χ0v) is 25.9. The number of rotatable bonds is 5. The first-order valence-corrected chi connectivity index (χ1v) is 16.2. The number of hydrogen-bond donors (Lipinski definition) is 0. The third-order valence-corrected chi connectivity index (χ3v) is 9.63. The fourth-order valence-electron chi connectivity index (χ4n) is 6.14. The van der Waals surface area contributed by atoms with Gasteiger partial charge in [-0.05, 0) is 46.8 Å². The summed E-state index contributed by atoms with van der Waals surface area (Å²) in [5, 5.41) is 4.65. The van der Waals surface area contributed by atoms with Gasteiger partial charge in [0.15, 0.2) is 17.5 Å². The molecule has 4 aromatic heterocycles.